The topological polar surface area (TPSA) is 25.8 Å². The van der Waals surface area contributed by atoms with E-state index in [1.807, 2.05) is 61.8 Å². The average molecular weight is 338 g/mol. The number of halogens is 1. The summed E-state index contributed by atoms with van der Waals surface area (Å²) in [6.45, 7) is 1.96. The Morgan fingerprint density at radius 1 is 0.731 bits per heavy atom. The van der Waals surface area contributed by atoms with Gasteiger partial charge < -0.3 is 0 Å². The van der Waals surface area contributed by atoms with E-state index < -0.39 is 0 Å². The lowest BCUT2D eigenvalue weighted by Crippen LogP contribution is -1.89. The summed E-state index contributed by atoms with van der Waals surface area (Å²) < 4.78 is 13.2. The molecule has 0 amide bonds. The zero-order chi connectivity index (χ0) is 17.9. The number of rotatable bonds is 1. The molecule has 0 aliphatic heterocycles. The molecule has 2 nitrogen and oxygen atoms in total. The van der Waals surface area contributed by atoms with E-state index in [9.17, 15) is 4.39 Å². The number of hydrogen-bond acceptors (Lipinski definition) is 2. The van der Waals surface area contributed by atoms with Gasteiger partial charge >= 0.3 is 0 Å². The third-order valence-corrected chi connectivity index (χ3v) is 4.08. The smallest absolute Gasteiger partial charge is 0.159 e. The third-order valence-electron chi connectivity index (χ3n) is 4.08. The summed E-state index contributed by atoms with van der Waals surface area (Å²) in [5.41, 5.74) is 3.81. The van der Waals surface area contributed by atoms with E-state index in [-0.39, 0.29) is 5.82 Å². The van der Waals surface area contributed by atoms with Crippen LogP contribution >= 0.6 is 0 Å². The van der Waals surface area contributed by atoms with Crippen LogP contribution in [0.2, 0.25) is 0 Å². The summed E-state index contributed by atoms with van der Waals surface area (Å²) in [5, 5.41) is 1.85. The Kier molecular flexibility index (Phi) is 4.17. The highest BCUT2D eigenvalue weighted by molar-refractivity contribution is 5.84. The van der Waals surface area contributed by atoms with Crippen molar-refractivity contribution in [1.29, 1.82) is 0 Å². The summed E-state index contributed by atoms with van der Waals surface area (Å²) in [7, 11) is 0. The molecule has 3 heteroatoms. The quantitative estimate of drug-likeness (QED) is 0.449. The lowest BCUT2D eigenvalue weighted by atomic mass is 10.1. The van der Waals surface area contributed by atoms with Crippen molar-refractivity contribution in [3.63, 3.8) is 0 Å². The van der Waals surface area contributed by atoms with Crippen molar-refractivity contribution >= 4 is 10.8 Å². The first-order chi connectivity index (χ1) is 12.7. The molecule has 124 valence electrons. The van der Waals surface area contributed by atoms with Crippen LogP contribution in [-0.2, 0) is 0 Å². The zero-order valence-corrected chi connectivity index (χ0v) is 14.2. The Morgan fingerprint density at radius 2 is 1.35 bits per heavy atom. The van der Waals surface area contributed by atoms with E-state index in [4.69, 9.17) is 0 Å². The fourth-order valence-corrected chi connectivity index (χ4v) is 2.68. The molecule has 0 aliphatic carbocycles. The molecule has 0 spiro atoms. The van der Waals surface area contributed by atoms with Gasteiger partial charge in [-0.3, -0.25) is 0 Å². The summed E-state index contributed by atoms with van der Waals surface area (Å²) >= 11 is 0. The van der Waals surface area contributed by atoms with E-state index in [2.05, 4.69) is 21.8 Å². The predicted molar refractivity (Wildman–Crippen MR) is 102 cm³/mol. The normalized spacial score (nSPS) is 10.4. The van der Waals surface area contributed by atoms with Crippen LogP contribution < -0.4 is 0 Å². The number of benzene rings is 3. The molecule has 26 heavy (non-hydrogen) atoms. The molecule has 4 rings (SSSR count). The highest BCUT2D eigenvalue weighted by Crippen LogP contribution is 2.18. The Labute approximate surface area is 151 Å². The van der Waals surface area contributed by atoms with Gasteiger partial charge in [-0.25, -0.2) is 14.4 Å². The number of fused-ring (bicyclic) bond motifs is 1. The molecule has 0 radical (unpaired) electrons. The Hall–Kier alpha value is -3.51. The molecular formula is C23H15FN2. The molecule has 3 aromatic carbocycles. The number of hydrogen-bond donors (Lipinski definition) is 0. The van der Waals surface area contributed by atoms with Gasteiger partial charge in [-0.2, -0.15) is 0 Å². The van der Waals surface area contributed by atoms with E-state index in [0.29, 0.717) is 5.82 Å². The Morgan fingerprint density at radius 3 is 2.12 bits per heavy atom. The largest absolute Gasteiger partial charge is 0.236 e. The Bertz CT molecular complexity index is 1130. The molecule has 0 fully saturated rings. The minimum absolute atomic E-state index is 0.228. The van der Waals surface area contributed by atoms with Crippen molar-refractivity contribution < 1.29 is 4.39 Å². The molecule has 0 bridgehead atoms. The van der Waals surface area contributed by atoms with E-state index in [1.54, 1.807) is 6.07 Å². The first-order valence-corrected chi connectivity index (χ1v) is 8.28. The molecule has 0 aliphatic rings. The van der Waals surface area contributed by atoms with Crippen LogP contribution in [0.5, 0.6) is 0 Å². The van der Waals surface area contributed by atoms with Gasteiger partial charge in [0.2, 0.25) is 0 Å². The Balaban J connectivity index is 1.58. The number of nitrogens with zero attached hydrogens (tertiary/aromatic N) is 2. The van der Waals surface area contributed by atoms with Crippen LogP contribution in [0.4, 0.5) is 4.39 Å². The second-order valence-electron chi connectivity index (χ2n) is 6.12. The average Bonchev–Trinajstić information content (AvgIpc) is 2.67. The molecule has 1 heterocycles. The molecule has 0 unspecified atom stereocenters. The van der Waals surface area contributed by atoms with Crippen LogP contribution in [0, 0.1) is 24.6 Å². The van der Waals surface area contributed by atoms with Crippen molar-refractivity contribution in [2.45, 2.75) is 6.92 Å². The number of aryl methyl sites for hydroxylation is 1. The van der Waals surface area contributed by atoms with Crippen molar-refractivity contribution in [2.24, 2.45) is 0 Å². The summed E-state index contributed by atoms with van der Waals surface area (Å²) in [6.07, 6.45) is 3.61. The number of aromatic nitrogens is 2. The minimum atomic E-state index is -0.228. The van der Waals surface area contributed by atoms with Crippen molar-refractivity contribution in [3.8, 4) is 23.2 Å². The van der Waals surface area contributed by atoms with Gasteiger partial charge in [0.1, 0.15) is 5.82 Å². The van der Waals surface area contributed by atoms with E-state index in [0.717, 1.165) is 33.0 Å². The van der Waals surface area contributed by atoms with Crippen molar-refractivity contribution in [1.82, 2.24) is 9.97 Å². The van der Waals surface area contributed by atoms with E-state index >= 15 is 0 Å². The van der Waals surface area contributed by atoms with Crippen LogP contribution in [0.3, 0.4) is 0 Å². The predicted octanol–water partition coefficient (Wildman–Crippen LogP) is 5.14. The maximum atomic E-state index is 13.2. The molecule has 1 aromatic heterocycles. The fourth-order valence-electron chi connectivity index (χ4n) is 2.68. The fraction of sp³-hybridized carbons (Fsp3) is 0.0435. The zero-order valence-electron chi connectivity index (χ0n) is 14.2. The monoisotopic (exact) mass is 338 g/mol. The first kappa shape index (κ1) is 16.0. The molecule has 0 saturated heterocycles. The minimum Gasteiger partial charge on any atom is -0.236 e. The second kappa shape index (κ2) is 6.78. The summed E-state index contributed by atoms with van der Waals surface area (Å²) in [6, 6.07) is 18.4. The van der Waals surface area contributed by atoms with Gasteiger partial charge in [-0.15, -0.1) is 0 Å². The summed E-state index contributed by atoms with van der Waals surface area (Å²) in [4.78, 5) is 8.67. The second-order valence-corrected chi connectivity index (χ2v) is 6.12. The van der Waals surface area contributed by atoms with Gasteiger partial charge in [-0.05, 0) is 71.8 Å². The van der Waals surface area contributed by atoms with Gasteiger partial charge in [0, 0.05) is 29.1 Å². The van der Waals surface area contributed by atoms with Crippen LogP contribution in [-0.4, -0.2) is 9.97 Å². The first-order valence-electron chi connectivity index (χ1n) is 8.28. The van der Waals surface area contributed by atoms with Gasteiger partial charge in [0.25, 0.3) is 0 Å². The molecular weight excluding hydrogens is 323 g/mol. The molecule has 0 saturated carbocycles. The standard InChI is InChI=1S/C23H15FN2/c1-16-14-25-23(26-15-16)19-7-4-17(5-8-19)2-3-18-6-9-21-13-22(24)11-10-20(21)12-18/h4-15H,1H3. The molecule has 4 aromatic rings. The maximum Gasteiger partial charge on any atom is 0.159 e. The van der Waals surface area contributed by atoms with E-state index in [1.165, 1.54) is 12.1 Å². The molecule has 0 N–H and O–H groups in total. The van der Waals surface area contributed by atoms with Crippen LogP contribution in [0.1, 0.15) is 16.7 Å². The van der Waals surface area contributed by atoms with Gasteiger partial charge in [0.05, 0.1) is 0 Å². The highest BCUT2D eigenvalue weighted by Gasteiger charge is 2.00. The van der Waals surface area contributed by atoms with Crippen molar-refractivity contribution in [2.75, 3.05) is 0 Å². The maximum absolute atomic E-state index is 13.2. The lowest BCUT2D eigenvalue weighted by Gasteiger charge is -2.00. The lowest BCUT2D eigenvalue weighted by molar-refractivity contribution is 0.630. The van der Waals surface area contributed by atoms with Crippen LogP contribution in [0.25, 0.3) is 22.2 Å². The van der Waals surface area contributed by atoms with Crippen molar-refractivity contribution in [3.05, 3.63) is 95.6 Å². The highest BCUT2D eigenvalue weighted by atomic mass is 19.1. The van der Waals surface area contributed by atoms with Crippen LogP contribution in [0.15, 0.2) is 73.1 Å². The molecule has 0 atom stereocenters. The van der Waals surface area contributed by atoms with Gasteiger partial charge in [0.15, 0.2) is 5.82 Å². The van der Waals surface area contributed by atoms with Gasteiger partial charge in [-0.1, -0.05) is 24.0 Å². The SMILES string of the molecule is Cc1cnc(-c2ccc(C#Cc3ccc4cc(F)ccc4c3)cc2)nc1. The third kappa shape index (κ3) is 3.45. The summed E-state index contributed by atoms with van der Waals surface area (Å²) in [5.74, 6) is 6.80.